The summed E-state index contributed by atoms with van der Waals surface area (Å²) in [6.07, 6.45) is 7.74. The Hall–Kier alpha value is -1.46. The summed E-state index contributed by atoms with van der Waals surface area (Å²) >= 11 is 0. The normalized spacial score (nSPS) is 29.5. The summed E-state index contributed by atoms with van der Waals surface area (Å²) in [7, 11) is 0. The lowest BCUT2D eigenvalue weighted by Gasteiger charge is -2.40. The van der Waals surface area contributed by atoms with Crippen LogP contribution in [-0.4, -0.2) is 59.1 Å². The fourth-order valence-corrected chi connectivity index (χ4v) is 3.81. The fraction of sp³-hybridized carbons (Fsp3) is 0.647. The van der Waals surface area contributed by atoms with Crippen molar-refractivity contribution in [3.63, 3.8) is 0 Å². The Balaban J connectivity index is 1.42. The van der Waals surface area contributed by atoms with E-state index in [1.165, 1.54) is 24.8 Å². The van der Waals surface area contributed by atoms with Gasteiger partial charge in [-0.15, -0.1) is 0 Å². The SMILES string of the molecule is O=C1COC2CN(Cc3ccncc3)CC2N1CC1CCC1. The highest BCUT2D eigenvalue weighted by Crippen LogP contribution is 2.31. The van der Waals surface area contributed by atoms with E-state index in [1.54, 1.807) is 0 Å². The molecule has 0 bridgehead atoms. The summed E-state index contributed by atoms with van der Waals surface area (Å²) in [4.78, 5) is 20.8. The summed E-state index contributed by atoms with van der Waals surface area (Å²) in [6, 6.07) is 4.35. The highest BCUT2D eigenvalue weighted by atomic mass is 16.5. The largest absolute Gasteiger partial charge is 0.365 e. The van der Waals surface area contributed by atoms with Gasteiger partial charge < -0.3 is 9.64 Å². The number of aromatic nitrogens is 1. The molecule has 118 valence electrons. The number of pyridine rings is 1. The van der Waals surface area contributed by atoms with E-state index in [9.17, 15) is 4.79 Å². The van der Waals surface area contributed by atoms with Gasteiger partial charge in [-0.1, -0.05) is 6.42 Å². The van der Waals surface area contributed by atoms with Crippen LogP contribution in [0.15, 0.2) is 24.5 Å². The molecule has 3 aliphatic rings. The van der Waals surface area contributed by atoms with E-state index in [4.69, 9.17) is 4.74 Å². The molecule has 0 spiro atoms. The molecular formula is C17H23N3O2. The first-order valence-electron chi connectivity index (χ1n) is 8.32. The number of nitrogens with zero attached hydrogens (tertiary/aromatic N) is 3. The Labute approximate surface area is 131 Å². The summed E-state index contributed by atoms with van der Waals surface area (Å²) in [5, 5.41) is 0. The Kier molecular flexibility index (Phi) is 3.84. The monoisotopic (exact) mass is 301 g/mol. The summed E-state index contributed by atoms with van der Waals surface area (Å²) in [6.45, 7) is 3.95. The number of fused-ring (bicyclic) bond motifs is 1. The molecule has 2 unspecified atom stereocenters. The zero-order valence-electron chi connectivity index (χ0n) is 12.9. The van der Waals surface area contributed by atoms with E-state index in [2.05, 4.69) is 26.9 Å². The minimum Gasteiger partial charge on any atom is -0.365 e. The number of carbonyl (C=O) groups is 1. The number of likely N-dealkylation sites (tertiary alicyclic amines) is 1. The second-order valence-electron chi connectivity index (χ2n) is 6.81. The molecule has 1 aliphatic carbocycles. The van der Waals surface area contributed by atoms with Crippen molar-refractivity contribution >= 4 is 5.91 Å². The molecule has 0 radical (unpaired) electrons. The summed E-state index contributed by atoms with van der Waals surface area (Å²) in [5.74, 6) is 0.899. The number of rotatable bonds is 4. The maximum absolute atomic E-state index is 12.3. The first-order chi connectivity index (χ1) is 10.8. The van der Waals surface area contributed by atoms with Gasteiger partial charge in [0.2, 0.25) is 5.91 Å². The maximum Gasteiger partial charge on any atom is 0.248 e. The van der Waals surface area contributed by atoms with Crippen molar-refractivity contribution in [1.82, 2.24) is 14.8 Å². The van der Waals surface area contributed by atoms with Crippen LogP contribution in [0.1, 0.15) is 24.8 Å². The number of hydrogen-bond donors (Lipinski definition) is 0. The van der Waals surface area contributed by atoms with Crippen molar-refractivity contribution in [2.45, 2.75) is 38.0 Å². The molecule has 1 saturated carbocycles. The van der Waals surface area contributed by atoms with Gasteiger partial charge in [-0.25, -0.2) is 0 Å². The van der Waals surface area contributed by atoms with E-state index < -0.39 is 0 Å². The number of carbonyl (C=O) groups excluding carboxylic acids is 1. The standard InChI is InChI=1S/C17H23N3O2/c21-17-12-22-16-11-19(8-14-4-6-18-7-5-14)10-15(16)20(17)9-13-2-1-3-13/h4-7,13,15-16H,1-3,8-12H2. The number of hydrogen-bond acceptors (Lipinski definition) is 4. The number of amides is 1. The second-order valence-corrected chi connectivity index (χ2v) is 6.81. The smallest absolute Gasteiger partial charge is 0.248 e. The zero-order valence-corrected chi connectivity index (χ0v) is 12.9. The van der Waals surface area contributed by atoms with Crippen LogP contribution in [0.4, 0.5) is 0 Å². The van der Waals surface area contributed by atoms with Crippen molar-refractivity contribution in [2.24, 2.45) is 5.92 Å². The predicted molar refractivity (Wildman–Crippen MR) is 82.1 cm³/mol. The zero-order chi connectivity index (χ0) is 14.9. The highest BCUT2D eigenvalue weighted by molar-refractivity contribution is 5.78. The molecule has 5 heteroatoms. The molecule has 22 heavy (non-hydrogen) atoms. The van der Waals surface area contributed by atoms with Crippen molar-refractivity contribution < 1.29 is 9.53 Å². The van der Waals surface area contributed by atoms with Gasteiger partial charge in [-0.2, -0.15) is 0 Å². The van der Waals surface area contributed by atoms with Gasteiger partial charge in [0, 0.05) is 38.6 Å². The average molecular weight is 301 g/mol. The van der Waals surface area contributed by atoms with Crippen LogP contribution < -0.4 is 0 Å². The van der Waals surface area contributed by atoms with Crippen molar-refractivity contribution in [2.75, 3.05) is 26.2 Å². The molecule has 1 amide bonds. The van der Waals surface area contributed by atoms with Gasteiger partial charge in [0.1, 0.15) is 6.61 Å². The third-order valence-corrected chi connectivity index (χ3v) is 5.29. The van der Waals surface area contributed by atoms with Crippen LogP contribution in [0.3, 0.4) is 0 Å². The average Bonchev–Trinajstić information content (AvgIpc) is 2.88. The predicted octanol–water partition coefficient (Wildman–Crippen LogP) is 1.29. The van der Waals surface area contributed by atoms with Gasteiger partial charge in [0.25, 0.3) is 0 Å². The molecule has 2 saturated heterocycles. The van der Waals surface area contributed by atoms with E-state index in [0.29, 0.717) is 0 Å². The van der Waals surface area contributed by atoms with Crippen molar-refractivity contribution in [3.8, 4) is 0 Å². The van der Waals surface area contributed by atoms with Crippen LogP contribution in [0, 0.1) is 5.92 Å². The minimum atomic E-state index is 0.180. The summed E-state index contributed by atoms with van der Waals surface area (Å²) < 4.78 is 5.80. The van der Waals surface area contributed by atoms with Gasteiger partial charge in [-0.3, -0.25) is 14.7 Å². The van der Waals surface area contributed by atoms with Crippen LogP contribution in [-0.2, 0) is 16.1 Å². The number of ether oxygens (including phenoxy) is 1. The van der Waals surface area contributed by atoms with E-state index in [1.807, 2.05) is 12.4 Å². The van der Waals surface area contributed by atoms with Gasteiger partial charge in [-0.05, 0) is 36.5 Å². The molecule has 0 N–H and O–H groups in total. The first-order valence-corrected chi connectivity index (χ1v) is 8.32. The molecule has 3 fully saturated rings. The molecule has 2 atom stereocenters. The lowest BCUT2D eigenvalue weighted by molar-refractivity contribution is -0.154. The van der Waals surface area contributed by atoms with Crippen LogP contribution >= 0.6 is 0 Å². The molecular weight excluding hydrogens is 278 g/mol. The Morgan fingerprint density at radius 2 is 2.05 bits per heavy atom. The first kappa shape index (κ1) is 14.2. The molecule has 3 heterocycles. The molecule has 1 aromatic heterocycles. The highest BCUT2D eigenvalue weighted by Gasteiger charge is 2.43. The molecule has 1 aromatic rings. The van der Waals surface area contributed by atoms with Crippen LogP contribution in [0.2, 0.25) is 0 Å². The van der Waals surface area contributed by atoms with Crippen LogP contribution in [0.25, 0.3) is 0 Å². The van der Waals surface area contributed by atoms with Gasteiger partial charge in [0.05, 0.1) is 12.1 Å². The van der Waals surface area contributed by atoms with Gasteiger partial charge in [0.15, 0.2) is 0 Å². The topological polar surface area (TPSA) is 45.7 Å². The molecule has 2 aliphatic heterocycles. The van der Waals surface area contributed by atoms with Crippen LogP contribution in [0.5, 0.6) is 0 Å². The molecule has 0 aromatic carbocycles. The maximum atomic E-state index is 12.3. The fourth-order valence-electron chi connectivity index (χ4n) is 3.81. The molecule has 5 nitrogen and oxygen atoms in total. The van der Waals surface area contributed by atoms with E-state index in [0.717, 1.165) is 32.1 Å². The minimum absolute atomic E-state index is 0.180. The second kappa shape index (κ2) is 5.97. The van der Waals surface area contributed by atoms with E-state index >= 15 is 0 Å². The number of morpholine rings is 1. The van der Waals surface area contributed by atoms with E-state index in [-0.39, 0.29) is 24.7 Å². The lowest BCUT2D eigenvalue weighted by atomic mass is 9.84. The molecule has 4 rings (SSSR count). The Bertz CT molecular complexity index is 532. The Morgan fingerprint density at radius 3 is 2.77 bits per heavy atom. The Morgan fingerprint density at radius 1 is 1.23 bits per heavy atom. The van der Waals surface area contributed by atoms with Crippen molar-refractivity contribution in [1.29, 1.82) is 0 Å². The van der Waals surface area contributed by atoms with Gasteiger partial charge >= 0.3 is 0 Å². The summed E-state index contributed by atoms with van der Waals surface area (Å²) in [5.41, 5.74) is 1.27. The quantitative estimate of drug-likeness (QED) is 0.841. The lowest BCUT2D eigenvalue weighted by Crippen LogP contribution is -2.55. The van der Waals surface area contributed by atoms with Crippen molar-refractivity contribution in [3.05, 3.63) is 30.1 Å². The third kappa shape index (κ3) is 2.75. The third-order valence-electron chi connectivity index (χ3n) is 5.29.